The van der Waals surface area contributed by atoms with Crippen molar-refractivity contribution in [2.24, 2.45) is 10.1 Å². The Labute approximate surface area is 152 Å². The maximum Gasteiger partial charge on any atom is 0.160 e. The minimum absolute atomic E-state index is 0.328. The second kappa shape index (κ2) is 7.04. The molecule has 1 aliphatic heterocycles. The zero-order valence-corrected chi connectivity index (χ0v) is 14.0. The van der Waals surface area contributed by atoms with Crippen LogP contribution in [0.4, 0.5) is 0 Å². The molecule has 0 spiro atoms. The highest BCUT2D eigenvalue weighted by Gasteiger charge is 2.22. The number of nitrogens with one attached hydrogen (secondary N) is 1. The van der Waals surface area contributed by atoms with E-state index in [0.717, 1.165) is 28.1 Å². The van der Waals surface area contributed by atoms with Gasteiger partial charge in [0.05, 0.1) is 17.3 Å². The van der Waals surface area contributed by atoms with E-state index in [1.165, 1.54) is 0 Å². The van der Waals surface area contributed by atoms with Crippen LogP contribution in [0.1, 0.15) is 28.4 Å². The summed E-state index contributed by atoms with van der Waals surface area (Å²) in [4.78, 5) is 4.92. The summed E-state index contributed by atoms with van der Waals surface area (Å²) in [6.07, 6.45) is -0.328. The smallest absolute Gasteiger partial charge is 0.160 e. The highest BCUT2D eigenvalue weighted by Crippen LogP contribution is 2.22. The molecular weight excluding hydrogens is 320 g/mol. The van der Waals surface area contributed by atoms with Gasteiger partial charge in [0.15, 0.2) is 6.17 Å². The van der Waals surface area contributed by atoms with Gasteiger partial charge in [-0.15, -0.1) is 0 Å². The Morgan fingerprint density at radius 3 is 2.08 bits per heavy atom. The van der Waals surface area contributed by atoms with E-state index < -0.39 is 0 Å². The maximum atomic E-state index is 9.15. The van der Waals surface area contributed by atoms with Gasteiger partial charge in [-0.3, -0.25) is 10.4 Å². The molecule has 124 valence electrons. The number of benzene rings is 3. The normalized spacial score (nSPS) is 16.0. The van der Waals surface area contributed by atoms with Crippen molar-refractivity contribution in [3.8, 4) is 6.07 Å². The van der Waals surface area contributed by atoms with Crippen molar-refractivity contribution in [2.75, 3.05) is 0 Å². The third-order valence-corrected chi connectivity index (χ3v) is 4.21. The van der Waals surface area contributed by atoms with Crippen LogP contribution in [-0.4, -0.2) is 11.4 Å². The zero-order chi connectivity index (χ0) is 17.8. The summed E-state index contributed by atoms with van der Waals surface area (Å²) in [5.41, 5.74) is 8.31. The lowest BCUT2D eigenvalue weighted by Gasteiger charge is -2.22. The number of aliphatic imine (C=N–C) groups is 1. The first-order chi connectivity index (χ1) is 12.8. The van der Waals surface area contributed by atoms with Crippen LogP contribution >= 0.6 is 0 Å². The largest absolute Gasteiger partial charge is 0.281 e. The van der Waals surface area contributed by atoms with Crippen LogP contribution in [0.2, 0.25) is 0 Å². The Balaban J connectivity index is 1.79. The van der Waals surface area contributed by atoms with Gasteiger partial charge < -0.3 is 0 Å². The SMILES string of the molecule is N#Cc1cccc(C2N=C(c3ccccc3)C(c3ccccc3)=NN2)c1. The number of nitriles is 1. The van der Waals surface area contributed by atoms with Crippen molar-refractivity contribution in [3.63, 3.8) is 0 Å². The number of rotatable bonds is 3. The number of hydrazone groups is 1. The summed E-state index contributed by atoms with van der Waals surface area (Å²) in [5.74, 6) is 0. The van der Waals surface area contributed by atoms with Crippen molar-refractivity contribution in [1.29, 1.82) is 5.26 Å². The van der Waals surface area contributed by atoms with Crippen molar-refractivity contribution >= 4 is 11.4 Å². The first-order valence-corrected chi connectivity index (χ1v) is 8.37. The quantitative estimate of drug-likeness (QED) is 0.784. The monoisotopic (exact) mass is 336 g/mol. The Morgan fingerprint density at radius 2 is 1.42 bits per heavy atom. The van der Waals surface area contributed by atoms with Gasteiger partial charge in [-0.1, -0.05) is 72.8 Å². The summed E-state index contributed by atoms with van der Waals surface area (Å²) < 4.78 is 0. The summed E-state index contributed by atoms with van der Waals surface area (Å²) in [7, 11) is 0. The van der Waals surface area contributed by atoms with Crippen LogP contribution in [0, 0.1) is 11.3 Å². The van der Waals surface area contributed by atoms with Crippen molar-refractivity contribution in [1.82, 2.24) is 5.43 Å². The minimum Gasteiger partial charge on any atom is -0.281 e. The summed E-state index contributed by atoms with van der Waals surface area (Å²) in [5, 5.41) is 13.8. The van der Waals surface area contributed by atoms with E-state index in [2.05, 4.69) is 16.6 Å². The lowest BCUT2D eigenvalue weighted by Crippen LogP contribution is -2.30. The molecule has 0 saturated carbocycles. The Morgan fingerprint density at radius 1 is 0.769 bits per heavy atom. The van der Waals surface area contributed by atoms with Crippen molar-refractivity contribution in [2.45, 2.75) is 6.17 Å². The predicted molar refractivity (Wildman–Crippen MR) is 103 cm³/mol. The average molecular weight is 336 g/mol. The second-order valence-corrected chi connectivity index (χ2v) is 5.94. The van der Waals surface area contributed by atoms with Gasteiger partial charge >= 0.3 is 0 Å². The Hall–Kier alpha value is -3.71. The van der Waals surface area contributed by atoms with Gasteiger partial charge in [0, 0.05) is 11.1 Å². The third-order valence-electron chi connectivity index (χ3n) is 4.21. The highest BCUT2D eigenvalue weighted by atomic mass is 15.4. The van der Waals surface area contributed by atoms with Crippen LogP contribution in [0.15, 0.2) is 95.0 Å². The topological polar surface area (TPSA) is 60.5 Å². The molecular formula is C22H16N4. The standard InChI is InChI=1S/C22H16N4/c23-15-16-8-7-13-19(14-16)22-24-20(17-9-3-1-4-10-17)21(25-26-22)18-11-5-2-6-12-18/h1-14,22,26H. The van der Waals surface area contributed by atoms with E-state index in [9.17, 15) is 0 Å². The molecule has 26 heavy (non-hydrogen) atoms. The molecule has 4 nitrogen and oxygen atoms in total. The molecule has 0 amide bonds. The highest BCUT2D eigenvalue weighted by molar-refractivity contribution is 6.53. The van der Waals surface area contributed by atoms with Crippen LogP contribution in [0.25, 0.3) is 0 Å². The Kier molecular flexibility index (Phi) is 4.28. The van der Waals surface area contributed by atoms with E-state index in [4.69, 9.17) is 10.3 Å². The fourth-order valence-corrected chi connectivity index (χ4v) is 2.93. The second-order valence-electron chi connectivity index (χ2n) is 5.94. The molecule has 3 aromatic rings. The van der Waals surface area contributed by atoms with Crippen LogP contribution in [-0.2, 0) is 0 Å². The fourth-order valence-electron chi connectivity index (χ4n) is 2.93. The number of hydrogen-bond acceptors (Lipinski definition) is 4. The molecule has 4 rings (SSSR count). The van der Waals surface area contributed by atoms with Gasteiger partial charge in [-0.25, -0.2) is 0 Å². The molecule has 0 radical (unpaired) electrons. The molecule has 1 aliphatic rings. The third kappa shape index (κ3) is 3.11. The van der Waals surface area contributed by atoms with Crippen molar-refractivity contribution in [3.05, 3.63) is 107 Å². The molecule has 3 aromatic carbocycles. The van der Waals surface area contributed by atoms with E-state index in [1.807, 2.05) is 78.9 Å². The Bertz CT molecular complexity index is 1010. The lowest BCUT2D eigenvalue weighted by atomic mass is 9.98. The molecule has 1 heterocycles. The first kappa shape index (κ1) is 15.8. The maximum absolute atomic E-state index is 9.15. The van der Waals surface area contributed by atoms with Gasteiger partial charge in [-0.2, -0.15) is 10.4 Å². The van der Waals surface area contributed by atoms with Crippen LogP contribution < -0.4 is 5.43 Å². The van der Waals surface area contributed by atoms with Gasteiger partial charge in [0.25, 0.3) is 0 Å². The van der Waals surface area contributed by atoms with E-state index in [1.54, 1.807) is 6.07 Å². The van der Waals surface area contributed by atoms with Gasteiger partial charge in [0.1, 0.15) is 5.71 Å². The summed E-state index contributed by atoms with van der Waals surface area (Å²) in [6.45, 7) is 0. The number of nitrogens with zero attached hydrogens (tertiary/aromatic N) is 3. The van der Waals surface area contributed by atoms with Gasteiger partial charge in [0.2, 0.25) is 0 Å². The average Bonchev–Trinajstić information content (AvgIpc) is 2.74. The van der Waals surface area contributed by atoms with Crippen LogP contribution in [0.3, 0.4) is 0 Å². The molecule has 1 N–H and O–H groups in total. The lowest BCUT2D eigenvalue weighted by molar-refractivity contribution is 0.577. The van der Waals surface area contributed by atoms with E-state index >= 15 is 0 Å². The minimum atomic E-state index is -0.328. The molecule has 1 unspecified atom stereocenters. The zero-order valence-electron chi connectivity index (χ0n) is 14.0. The molecule has 0 saturated heterocycles. The van der Waals surface area contributed by atoms with Gasteiger partial charge in [-0.05, 0) is 17.7 Å². The predicted octanol–water partition coefficient (Wildman–Crippen LogP) is 4.05. The summed E-state index contributed by atoms with van der Waals surface area (Å²) in [6, 6.07) is 29.7. The van der Waals surface area contributed by atoms with Crippen LogP contribution in [0.5, 0.6) is 0 Å². The number of hydrogen-bond donors (Lipinski definition) is 1. The fraction of sp³-hybridized carbons (Fsp3) is 0.0455. The molecule has 0 aliphatic carbocycles. The first-order valence-electron chi connectivity index (χ1n) is 8.37. The molecule has 0 aromatic heterocycles. The molecule has 0 bridgehead atoms. The van der Waals surface area contributed by atoms with E-state index in [0.29, 0.717) is 5.56 Å². The van der Waals surface area contributed by atoms with E-state index in [-0.39, 0.29) is 6.17 Å². The molecule has 0 fully saturated rings. The van der Waals surface area contributed by atoms with Crippen molar-refractivity contribution < 1.29 is 0 Å². The summed E-state index contributed by atoms with van der Waals surface area (Å²) >= 11 is 0. The molecule has 4 heteroatoms. The molecule has 1 atom stereocenters.